The zero-order valence-electron chi connectivity index (χ0n) is 10.5. The second-order valence-electron chi connectivity index (χ2n) is 4.55. The number of ether oxygens (including phenoxy) is 2. The maximum absolute atomic E-state index is 5.86. The van der Waals surface area contributed by atoms with E-state index in [0.717, 1.165) is 23.2 Å². The van der Waals surface area contributed by atoms with E-state index in [4.69, 9.17) is 9.47 Å². The molecule has 98 valence electrons. The van der Waals surface area contributed by atoms with Crippen LogP contribution in [0.25, 0.3) is 0 Å². The molecular formula is C16H15BrO2. The summed E-state index contributed by atoms with van der Waals surface area (Å²) in [6.45, 7) is 1.31. The van der Waals surface area contributed by atoms with Crippen LogP contribution < -0.4 is 4.74 Å². The van der Waals surface area contributed by atoms with Crippen molar-refractivity contribution in [3.05, 3.63) is 64.1 Å². The first-order valence-electron chi connectivity index (χ1n) is 6.41. The summed E-state index contributed by atoms with van der Waals surface area (Å²) in [5.41, 5.74) is 2.62. The lowest BCUT2D eigenvalue weighted by atomic mass is 9.98. The van der Waals surface area contributed by atoms with Gasteiger partial charge < -0.3 is 9.47 Å². The van der Waals surface area contributed by atoms with Crippen LogP contribution in [-0.2, 0) is 11.2 Å². The molecular weight excluding hydrogens is 304 g/mol. The lowest BCUT2D eigenvalue weighted by molar-refractivity contribution is 0.0100. The molecule has 0 aliphatic carbocycles. The Balaban J connectivity index is 1.73. The van der Waals surface area contributed by atoms with Gasteiger partial charge in [-0.15, -0.1) is 0 Å². The number of halogens is 1. The van der Waals surface area contributed by atoms with Crippen LogP contribution in [0, 0.1) is 0 Å². The quantitative estimate of drug-likeness (QED) is 0.846. The number of fused-ring (bicyclic) bond motifs is 1. The Morgan fingerprint density at radius 3 is 2.79 bits per heavy atom. The van der Waals surface area contributed by atoms with Crippen LogP contribution in [-0.4, -0.2) is 13.2 Å². The molecule has 0 radical (unpaired) electrons. The van der Waals surface area contributed by atoms with Gasteiger partial charge in [-0.25, -0.2) is 0 Å². The molecule has 0 bridgehead atoms. The Hall–Kier alpha value is -1.32. The fourth-order valence-electron chi connectivity index (χ4n) is 2.34. The van der Waals surface area contributed by atoms with Gasteiger partial charge in [0.05, 0.1) is 11.1 Å². The van der Waals surface area contributed by atoms with Gasteiger partial charge in [-0.05, 0) is 45.6 Å². The first kappa shape index (κ1) is 12.7. The minimum atomic E-state index is 0.0251. The third kappa shape index (κ3) is 2.82. The van der Waals surface area contributed by atoms with Crippen molar-refractivity contribution in [1.29, 1.82) is 0 Å². The highest BCUT2D eigenvalue weighted by Gasteiger charge is 2.21. The van der Waals surface area contributed by atoms with Crippen molar-refractivity contribution in [2.24, 2.45) is 0 Å². The molecule has 1 unspecified atom stereocenters. The van der Waals surface area contributed by atoms with E-state index in [0.29, 0.717) is 6.61 Å². The highest BCUT2D eigenvalue weighted by atomic mass is 79.9. The highest BCUT2D eigenvalue weighted by molar-refractivity contribution is 9.10. The van der Waals surface area contributed by atoms with Crippen molar-refractivity contribution in [2.75, 3.05) is 13.2 Å². The smallest absolute Gasteiger partial charge is 0.133 e. The molecule has 19 heavy (non-hydrogen) atoms. The molecule has 3 heteroatoms. The molecule has 3 rings (SSSR count). The first-order valence-corrected chi connectivity index (χ1v) is 7.20. The molecule has 1 atom stereocenters. The van der Waals surface area contributed by atoms with Crippen LogP contribution in [0.4, 0.5) is 0 Å². The van der Waals surface area contributed by atoms with Crippen LogP contribution in [0.1, 0.15) is 17.2 Å². The standard InChI is InChI=1S/C16H15BrO2/c17-14-7-3-4-8-15(14)19-11-16-13-6-2-1-5-12(13)9-10-18-16/h1-8,16H,9-11H2. The monoisotopic (exact) mass is 318 g/mol. The number of rotatable bonds is 3. The molecule has 1 aliphatic rings. The van der Waals surface area contributed by atoms with Crippen molar-refractivity contribution in [2.45, 2.75) is 12.5 Å². The van der Waals surface area contributed by atoms with E-state index in [-0.39, 0.29) is 6.10 Å². The fraction of sp³-hybridized carbons (Fsp3) is 0.250. The van der Waals surface area contributed by atoms with Crippen LogP contribution in [0.5, 0.6) is 5.75 Å². The van der Waals surface area contributed by atoms with Gasteiger partial charge in [0.1, 0.15) is 18.5 Å². The minimum Gasteiger partial charge on any atom is -0.489 e. The zero-order valence-corrected chi connectivity index (χ0v) is 12.1. The van der Waals surface area contributed by atoms with Gasteiger partial charge in [0.2, 0.25) is 0 Å². The topological polar surface area (TPSA) is 18.5 Å². The molecule has 0 saturated heterocycles. The Morgan fingerprint density at radius 2 is 1.89 bits per heavy atom. The number of hydrogen-bond acceptors (Lipinski definition) is 2. The molecule has 2 aromatic rings. The van der Waals surface area contributed by atoms with E-state index in [9.17, 15) is 0 Å². The normalized spacial score (nSPS) is 17.8. The van der Waals surface area contributed by atoms with Gasteiger partial charge in [0, 0.05) is 0 Å². The summed E-state index contributed by atoms with van der Waals surface area (Å²) in [6.07, 6.45) is 1.01. The van der Waals surface area contributed by atoms with E-state index in [1.807, 2.05) is 24.3 Å². The Labute approximate surface area is 121 Å². The van der Waals surface area contributed by atoms with Gasteiger partial charge >= 0.3 is 0 Å². The fourth-order valence-corrected chi connectivity index (χ4v) is 2.74. The Kier molecular flexibility index (Phi) is 3.85. The van der Waals surface area contributed by atoms with Crippen molar-refractivity contribution in [3.63, 3.8) is 0 Å². The largest absolute Gasteiger partial charge is 0.489 e. The van der Waals surface area contributed by atoms with Gasteiger partial charge in [-0.3, -0.25) is 0 Å². The second kappa shape index (κ2) is 5.76. The maximum atomic E-state index is 5.86. The zero-order chi connectivity index (χ0) is 13.1. The molecule has 0 aromatic heterocycles. The van der Waals surface area contributed by atoms with Crippen LogP contribution in [0.2, 0.25) is 0 Å². The molecule has 2 aromatic carbocycles. The molecule has 0 N–H and O–H groups in total. The average molecular weight is 319 g/mol. The molecule has 0 amide bonds. The van der Waals surface area contributed by atoms with Gasteiger partial charge in [-0.2, -0.15) is 0 Å². The van der Waals surface area contributed by atoms with E-state index in [1.54, 1.807) is 0 Å². The van der Waals surface area contributed by atoms with E-state index in [2.05, 4.69) is 40.2 Å². The predicted octanol–water partition coefficient (Wildman–Crippen LogP) is 4.14. The SMILES string of the molecule is Brc1ccccc1OCC1OCCc2ccccc21. The number of para-hydroxylation sites is 1. The predicted molar refractivity (Wildman–Crippen MR) is 78.5 cm³/mol. The molecule has 0 fully saturated rings. The second-order valence-corrected chi connectivity index (χ2v) is 5.40. The van der Waals surface area contributed by atoms with Crippen molar-refractivity contribution in [3.8, 4) is 5.75 Å². The van der Waals surface area contributed by atoms with Crippen molar-refractivity contribution < 1.29 is 9.47 Å². The van der Waals surface area contributed by atoms with Gasteiger partial charge in [-0.1, -0.05) is 36.4 Å². The van der Waals surface area contributed by atoms with Crippen molar-refractivity contribution >= 4 is 15.9 Å². The Morgan fingerprint density at radius 1 is 1.11 bits per heavy atom. The molecule has 1 heterocycles. The lowest BCUT2D eigenvalue weighted by Crippen LogP contribution is -2.21. The Bertz CT molecular complexity index is 568. The van der Waals surface area contributed by atoms with Crippen molar-refractivity contribution in [1.82, 2.24) is 0 Å². The molecule has 0 saturated carbocycles. The molecule has 0 spiro atoms. The molecule has 1 aliphatic heterocycles. The summed E-state index contributed by atoms with van der Waals surface area (Å²) in [6, 6.07) is 16.3. The van der Waals surface area contributed by atoms with E-state index in [1.165, 1.54) is 11.1 Å². The first-order chi connectivity index (χ1) is 9.34. The number of benzene rings is 2. The van der Waals surface area contributed by atoms with Crippen LogP contribution in [0.3, 0.4) is 0 Å². The van der Waals surface area contributed by atoms with Crippen LogP contribution >= 0.6 is 15.9 Å². The summed E-state index contributed by atoms with van der Waals surface area (Å²) < 4.78 is 12.7. The third-order valence-corrected chi connectivity index (χ3v) is 3.97. The lowest BCUT2D eigenvalue weighted by Gasteiger charge is -2.26. The highest BCUT2D eigenvalue weighted by Crippen LogP contribution is 2.29. The minimum absolute atomic E-state index is 0.0251. The number of hydrogen-bond donors (Lipinski definition) is 0. The van der Waals surface area contributed by atoms with Crippen LogP contribution in [0.15, 0.2) is 53.0 Å². The molecule has 2 nitrogen and oxygen atoms in total. The van der Waals surface area contributed by atoms with Gasteiger partial charge in [0.15, 0.2) is 0 Å². The maximum Gasteiger partial charge on any atom is 0.133 e. The third-order valence-electron chi connectivity index (χ3n) is 3.32. The summed E-state index contributed by atoms with van der Waals surface area (Å²) >= 11 is 3.49. The summed E-state index contributed by atoms with van der Waals surface area (Å²) in [4.78, 5) is 0. The van der Waals surface area contributed by atoms with Gasteiger partial charge in [0.25, 0.3) is 0 Å². The van der Waals surface area contributed by atoms with E-state index >= 15 is 0 Å². The average Bonchev–Trinajstić information content (AvgIpc) is 2.46. The van der Waals surface area contributed by atoms with E-state index < -0.39 is 0 Å². The summed E-state index contributed by atoms with van der Waals surface area (Å²) in [7, 11) is 0. The summed E-state index contributed by atoms with van der Waals surface area (Å²) in [5, 5.41) is 0. The summed E-state index contributed by atoms with van der Waals surface area (Å²) in [5.74, 6) is 0.856.